The molecule has 2 aromatic carbocycles. The smallest absolute Gasteiger partial charge is 0.319 e. The maximum absolute atomic E-state index is 12.8. The highest BCUT2D eigenvalue weighted by molar-refractivity contribution is 7.98. The molecule has 25 heavy (non-hydrogen) atoms. The molecule has 0 N–H and O–H groups in total. The zero-order valence-corrected chi connectivity index (χ0v) is 15.0. The van der Waals surface area contributed by atoms with Gasteiger partial charge in [-0.2, -0.15) is 13.2 Å². The Morgan fingerprint density at radius 1 is 0.880 bits per heavy atom. The van der Waals surface area contributed by atoms with Gasteiger partial charge in [0, 0.05) is 28.0 Å². The lowest BCUT2D eigenvalue weighted by Gasteiger charge is -2.08. The van der Waals surface area contributed by atoms with Crippen molar-refractivity contribution >= 4 is 11.8 Å². The lowest BCUT2D eigenvalue weighted by atomic mass is 10.1. The molecule has 130 valence electrons. The van der Waals surface area contributed by atoms with Crippen molar-refractivity contribution in [3.63, 3.8) is 0 Å². The summed E-state index contributed by atoms with van der Waals surface area (Å²) in [5.41, 5.74) is 4.40. The van der Waals surface area contributed by atoms with Crippen LogP contribution in [0.2, 0.25) is 0 Å². The molecule has 0 spiro atoms. The summed E-state index contributed by atoms with van der Waals surface area (Å²) in [4.78, 5) is 1.07. The van der Waals surface area contributed by atoms with Crippen LogP contribution in [0.25, 0.3) is 16.8 Å². The van der Waals surface area contributed by atoms with Gasteiger partial charge < -0.3 is 4.57 Å². The van der Waals surface area contributed by atoms with Gasteiger partial charge in [-0.15, -0.1) is 11.8 Å². The van der Waals surface area contributed by atoms with Crippen LogP contribution in [0, 0.1) is 13.8 Å². The molecule has 3 rings (SSSR count). The second kappa shape index (κ2) is 6.64. The van der Waals surface area contributed by atoms with Gasteiger partial charge >= 0.3 is 6.18 Å². The van der Waals surface area contributed by atoms with E-state index in [9.17, 15) is 13.2 Å². The number of aromatic nitrogens is 1. The van der Waals surface area contributed by atoms with E-state index in [1.54, 1.807) is 11.8 Å². The maximum atomic E-state index is 12.8. The van der Waals surface area contributed by atoms with Gasteiger partial charge in [0.1, 0.15) is 0 Å². The topological polar surface area (TPSA) is 4.93 Å². The Kier molecular flexibility index (Phi) is 4.69. The number of thioether (sulfide) groups is 1. The zero-order valence-electron chi connectivity index (χ0n) is 14.2. The van der Waals surface area contributed by atoms with E-state index in [1.807, 2.05) is 50.6 Å². The zero-order chi connectivity index (χ0) is 18.2. The van der Waals surface area contributed by atoms with Gasteiger partial charge in [0.05, 0.1) is 5.56 Å². The molecular weight excluding hydrogens is 343 g/mol. The first-order valence-electron chi connectivity index (χ1n) is 7.82. The molecule has 0 aliphatic rings. The number of nitrogens with zero attached hydrogens (tertiary/aromatic N) is 1. The number of rotatable bonds is 3. The van der Waals surface area contributed by atoms with Crippen LogP contribution in [0.3, 0.4) is 0 Å². The third-order valence-corrected chi connectivity index (χ3v) is 5.16. The SMILES string of the molecule is CSc1c(-c2ccc(C(F)(F)F)cc2)cn(-c2ccc(C)cc2)c1C. The molecule has 0 radical (unpaired) electrons. The first-order chi connectivity index (χ1) is 11.8. The Labute approximate surface area is 149 Å². The van der Waals surface area contributed by atoms with Crippen LogP contribution in [0.5, 0.6) is 0 Å². The summed E-state index contributed by atoms with van der Waals surface area (Å²) in [6.07, 6.45) is -0.339. The normalized spacial score (nSPS) is 11.8. The number of hydrogen-bond donors (Lipinski definition) is 0. The molecule has 0 bridgehead atoms. The minimum atomic E-state index is -4.31. The molecule has 0 saturated carbocycles. The van der Waals surface area contributed by atoms with Crippen molar-refractivity contribution in [2.45, 2.75) is 24.9 Å². The summed E-state index contributed by atoms with van der Waals surface area (Å²) in [7, 11) is 0. The number of aryl methyl sites for hydroxylation is 1. The van der Waals surface area contributed by atoms with Crippen LogP contribution in [-0.4, -0.2) is 10.8 Å². The molecule has 1 nitrogen and oxygen atoms in total. The van der Waals surface area contributed by atoms with Gasteiger partial charge in [-0.1, -0.05) is 29.8 Å². The molecule has 0 amide bonds. The summed E-state index contributed by atoms with van der Waals surface area (Å²) in [5, 5.41) is 0. The minimum Gasteiger partial charge on any atom is -0.319 e. The van der Waals surface area contributed by atoms with Crippen LogP contribution in [0.1, 0.15) is 16.8 Å². The molecule has 0 aliphatic carbocycles. The largest absolute Gasteiger partial charge is 0.416 e. The van der Waals surface area contributed by atoms with Crippen molar-refractivity contribution in [1.82, 2.24) is 4.57 Å². The van der Waals surface area contributed by atoms with Crippen LogP contribution < -0.4 is 0 Å². The second-order valence-electron chi connectivity index (χ2n) is 5.94. The van der Waals surface area contributed by atoms with Crippen LogP contribution in [0.4, 0.5) is 13.2 Å². The predicted molar refractivity (Wildman–Crippen MR) is 97.5 cm³/mol. The predicted octanol–water partition coefficient (Wildman–Crippen LogP) is 6.50. The van der Waals surface area contributed by atoms with E-state index in [2.05, 4.69) is 4.57 Å². The highest BCUT2D eigenvalue weighted by atomic mass is 32.2. The maximum Gasteiger partial charge on any atom is 0.416 e. The average molecular weight is 361 g/mol. The van der Waals surface area contributed by atoms with Crippen molar-refractivity contribution in [3.05, 3.63) is 71.5 Å². The van der Waals surface area contributed by atoms with Crippen LogP contribution in [-0.2, 0) is 6.18 Å². The van der Waals surface area contributed by atoms with Crippen molar-refractivity contribution < 1.29 is 13.2 Å². The van der Waals surface area contributed by atoms with Gasteiger partial charge in [0.15, 0.2) is 0 Å². The molecule has 0 atom stereocenters. The summed E-state index contributed by atoms with van der Waals surface area (Å²) >= 11 is 1.60. The van der Waals surface area contributed by atoms with Crippen LogP contribution >= 0.6 is 11.8 Å². The summed E-state index contributed by atoms with van der Waals surface area (Å²) in [6, 6.07) is 13.5. The number of halogens is 3. The third-order valence-electron chi connectivity index (χ3n) is 4.23. The lowest BCUT2D eigenvalue weighted by Crippen LogP contribution is -2.03. The standard InChI is InChI=1S/C20H18F3NS/c1-13-4-10-17(11-5-13)24-12-18(19(25-3)14(24)2)15-6-8-16(9-7-15)20(21,22)23/h4-12H,1-3H3. The first-order valence-corrected chi connectivity index (χ1v) is 9.04. The highest BCUT2D eigenvalue weighted by Gasteiger charge is 2.30. The number of benzene rings is 2. The fourth-order valence-electron chi connectivity index (χ4n) is 2.86. The van der Waals surface area contributed by atoms with Crippen LogP contribution in [0.15, 0.2) is 59.6 Å². The Balaban J connectivity index is 2.07. The van der Waals surface area contributed by atoms with E-state index in [4.69, 9.17) is 0 Å². The molecule has 1 heterocycles. The molecular formula is C20H18F3NS. The Morgan fingerprint density at radius 3 is 2.00 bits per heavy atom. The van der Waals surface area contributed by atoms with E-state index in [0.717, 1.165) is 39.5 Å². The molecule has 0 unspecified atom stereocenters. The molecule has 0 saturated heterocycles. The Bertz CT molecular complexity index is 875. The molecule has 0 aliphatic heterocycles. The van der Waals surface area contributed by atoms with E-state index in [1.165, 1.54) is 17.7 Å². The third kappa shape index (κ3) is 3.47. The summed E-state index contributed by atoms with van der Waals surface area (Å²) < 4.78 is 40.4. The molecule has 0 fully saturated rings. The summed E-state index contributed by atoms with van der Waals surface area (Å²) in [6.45, 7) is 4.06. The monoisotopic (exact) mass is 361 g/mol. The van der Waals surface area contributed by atoms with E-state index in [-0.39, 0.29) is 0 Å². The summed E-state index contributed by atoms with van der Waals surface area (Å²) in [5.74, 6) is 0. The first kappa shape index (κ1) is 17.7. The lowest BCUT2D eigenvalue weighted by molar-refractivity contribution is -0.137. The molecule has 3 aromatic rings. The van der Waals surface area contributed by atoms with Crippen molar-refractivity contribution in [2.24, 2.45) is 0 Å². The van der Waals surface area contributed by atoms with E-state index >= 15 is 0 Å². The Hall–Kier alpha value is -2.14. The number of hydrogen-bond acceptors (Lipinski definition) is 1. The van der Waals surface area contributed by atoms with Crippen molar-refractivity contribution in [2.75, 3.05) is 6.26 Å². The van der Waals surface area contributed by atoms with E-state index < -0.39 is 11.7 Å². The van der Waals surface area contributed by atoms with Gasteiger partial charge in [-0.25, -0.2) is 0 Å². The highest BCUT2D eigenvalue weighted by Crippen LogP contribution is 2.37. The van der Waals surface area contributed by atoms with Gasteiger partial charge in [0.2, 0.25) is 0 Å². The van der Waals surface area contributed by atoms with Gasteiger partial charge in [0.25, 0.3) is 0 Å². The number of alkyl halides is 3. The average Bonchev–Trinajstić information content (AvgIpc) is 2.91. The Morgan fingerprint density at radius 2 is 1.48 bits per heavy atom. The van der Waals surface area contributed by atoms with Gasteiger partial charge in [-0.05, 0) is 49.9 Å². The van der Waals surface area contributed by atoms with Crippen molar-refractivity contribution in [3.8, 4) is 16.8 Å². The fourth-order valence-corrected chi connectivity index (χ4v) is 3.65. The van der Waals surface area contributed by atoms with Gasteiger partial charge in [-0.3, -0.25) is 0 Å². The fraction of sp³-hybridized carbons (Fsp3) is 0.200. The van der Waals surface area contributed by atoms with E-state index in [0.29, 0.717) is 0 Å². The quantitative estimate of drug-likeness (QED) is 0.482. The second-order valence-corrected chi connectivity index (χ2v) is 6.76. The minimum absolute atomic E-state index is 0.628. The molecule has 1 aromatic heterocycles. The van der Waals surface area contributed by atoms with Crippen molar-refractivity contribution in [1.29, 1.82) is 0 Å². The molecule has 5 heteroatoms.